The normalized spacial score (nSPS) is 13.8. The molecule has 4 nitrogen and oxygen atoms in total. The van der Waals surface area contributed by atoms with E-state index in [4.69, 9.17) is 0 Å². The van der Waals surface area contributed by atoms with Crippen molar-refractivity contribution in [3.8, 4) is 0 Å². The van der Waals surface area contributed by atoms with Gasteiger partial charge in [-0.3, -0.25) is 0 Å². The third-order valence-corrected chi connectivity index (χ3v) is 5.88. The first-order valence-electron chi connectivity index (χ1n) is 9.30. The van der Waals surface area contributed by atoms with Crippen molar-refractivity contribution >= 4 is 21.6 Å². The second kappa shape index (κ2) is 10.8. The van der Waals surface area contributed by atoms with Crippen LogP contribution in [0.3, 0.4) is 0 Å². The van der Waals surface area contributed by atoms with E-state index < -0.39 is 0 Å². The molecule has 0 spiro atoms. The van der Waals surface area contributed by atoms with E-state index in [0.29, 0.717) is 12.1 Å². The van der Waals surface area contributed by atoms with E-state index in [0.717, 1.165) is 10.3 Å². The Hall–Kier alpha value is -0.840. The lowest BCUT2D eigenvalue weighted by molar-refractivity contribution is 0.565. The van der Waals surface area contributed by atoms with Crippen LogP contribution in [0.25, 0.3) is 0 Å². The van der Waals surface area contributed by atoms with E-state index in [1.807, 2.05) is 0 Å². The van der Waals surface area contributed by atoms with Crippen LogP contribution < -0.4 is 9.80 Å². The van der Waals surface area contributed by atoms with Gasteiger partial charge in [0.25, 0.3) is 0 Å². The number of nitrogens with zero attached hydrogens (tertiary/aromatic N) is 4. The summed E-state index contributed by atoms with van der Waals surface area (Å²) in [6, 6.07) is 1.05. The van der Waals surface area contributed by atoms with E-state index in [1.54, 1.807) is 11.3 Å². The number of rotatable bonds is 12. The minimum absolute atomic E-state index is 0.523. The summed E-state index contributed by atoms with van der Waals surface area (Å²) in [6.45, 7) is 9.08. The molecule has 1 rings (SSSR count). The van der Waals surface area contributed by atoms with Gasteiger partial charge < -0.3 is 9.80 Å². The number of aromatic nitrogens is 2. The monoisotopic (exact) mass is 340 g/mol. The van der Waals surface area contributed by atoms with Crippen molar-refractivity contribution in [3.63, 3.8) is 0 Å². The highest BCUT2D eigenvalue weighted by atomic mass is 32.1. The molecule has 0 fully saturated rings. The van der Waals surface area contributed by atoms with E-state index in [9.17, 15) is 0 Å². The maximum Gasteiger partial charge on any atom is 0.209 e. The molecular formula is C18H36N4S. The molecule has 0 aliphatic rings. The average Bonchev–Trinajstić information content (AvgIpc) is 3.03. The molecule has 0 aromatic carbocycles. The summed E-state index contributed by atoms with van der Waals surface area (Å²) in [5.41, 5.74) is 0. The van der Waals surface area contributed by atoms with Crippen molar-refractivity contribution in [1.29, 1.82) is 0 Å². The Morgan fingerprint density at radius 2 is 1.17 bits per heavy atom. The molecule has 0 saturated heterocycles. The summed E-state index contributed by atoms with van der Waals surface area (Å²) in [5, 5.41) is 10.9. The van der Waals surface area contributed by atoms with E-state index >= 15 is 0 Å². The highest BCUT2D eigenvalue weighted by Crippen LogP contribution is 2.29. The van der Waals surface area contributed by atoms with Gasteiger partial charge in [-0.15, -0.1) is 10.2 Å². The van der Waals surface area contributed by atoms with Crippen LogP contribution in [-0.2, 0) is 0 Å². The Balaban J connectivity index is 2.55. The highest BCUT2D eigenvalue weighted by molar-refractivity contribution is 7.19. The van der Waals surface area contributed by atoms with Crippen molar-refractivity contribution in [2.75, 3.05) is 23.9 Å². The lowest BCUT2D eigenvalue weighted by Gasteiger charge is -2.25. The number of hydrogen-bond donors (Lipinski definition) is 0. The fourth-order valence-corrected chi connectivity index (χ4v) is 3.61. The number of unbranched alkanes of at least 4 members (excludes halogenated alkanes) is 4. The number of hydrogen-bond acceptors (Lipinski definition) is 5. The average molecular weight is 341 g/mol. The van der Waals surface area contributed by atoms with Gasteiger partial charge in [-0.25, -0.2) is 0 Å². The van der Waals surface area contributed by atoms with Crippen molar-refractivity contribution in [1.82, 2.24) is 10.2 Å². The molecule has 0 N–H and O–H groups in total. The minimum atomic E-state index is 0.523. The molecule has 23 heavy (non-hydrogen) atoms. The zero-order chi connectivity index (χ0) is 17.2. The van der Waals surface area contributed by atoms with Gasteiger partial charge >= 0.3 is 0 Å². The molecule has 0 radical (unpaired) electrons. The quantitative estimate of drug-likeness (QED) is 0.480. The fraction of sp³-hybridized carbons (Fsp3) is 0.889. The molecule has 0 bridgehead atoms. The van der Waals surface area contributed by atoms with Crippen molar-refractivity contribution in [2.24, 2.45) is 0 Å². The zero-order valence-electron chi connectivity index (χ0n) is 16.0. The Bertz CT molecular complexity index is 384. The Kier molecular flexibility index (Phi) is 9.53. The van der Waals surface area contributed by atoms with Crippen LogP contribution in [0, 0.1) is 0 Å². The maximum absolute atomic E-state index is 4.42. The molecular weight excluding hydrogens is 304 g/mol. The van der Waals surface area contributed by atoms with Gasteiger partial charge in [0.1, 0.15) is 0 Å². The van der Waals surface area contributed by atoms with Crippen LogP contribution >= 0.6 is 11.3 Å². The molecule has 134 valence electrons. The van der Waals surface area contributed by atoms with Crippen molar-refractivity contribution in [3.05, 3.63) is 0 Å². The van der Waals surface area contributed by atoms with E-state index in [1.165, 1.54) is 51.4 Å². The Labute approximate surface area is 147 Å². The van der Waals surface area contributed by atoms with Crippen LogP contribution in [0.1, 0.15) is 79.1 Å². The van der Waals surface area contributed by atoms with Crippen LogP contribution in [0.2, 0.25) is 0 Å². The van der Waals surface area contributed by atoms with Gasteiger partial charge in [-0.1, -0.05) is 63.7 Å². The molecule has 0 aliphatic heterocycles. The smallest absolute Gasteiger partial charge is 0.209 e. The van der Waals surface area contributed by atoms with Crippen LogP contribution in [-0.4, -0.2) is 36.4 Å². The van der Waals surface area contributed by atoms with E-state index in [2.05, 4.69) is 61.8 Å². The number of anilines is 2. The summed E-state index contributed by atoms with van der Waals surface area (Å²) in [7, 11) is 4.29. The molecule has 1 aromatic rings. The topological polar surface area (TPSA) is 32.3 Å². The van der Waals surface area contributed by atoms with Crippen LogP contribution in [0.4, 0.5) is 10.3 Å². The maximum atomic E-state index is 4.42. The minimum Gasteiger partial charge on any atom is -0.347 e. The molecule has 0 aliphatic carbocycles. The van der Waals surface area contributed by atoms with Crippen LogP contribution in [0.5, 0.6) is 0 Å². The van der Waals surface area contributed by atoms with Gasteiger partial charge in [-0.05, 0) is 26.7 Å². The third-order valence-electron chi connectivity index (χ3n) is 4.78. The molecule has 1 heterocycles. The summed E-state index contributed by atoms with van der Waals surface area (Å²) in [4.78, 5) is 4.57. The van der Waals surface area contributed by atoms with Crippen molar-refractivity contribution in [2.45, 2.75) is 91.1 Å². The van der Waals surface area contributed by atoms with Crippen LogP contribution in [0.15, 0.2) is 0 Å². The molecule has 1 aromatic heterocycles. The SMILES string of the molecule is CCCCCC(C)N(C)c1nnc(N(C)C(C)CCCCC)s1. The lowest BCUT2D eigenvalue weighted by atomic mass is 10.1. The van der Waals surface area contributed by atoms with Gasteiger partial charge in [0.05, 0.1) is 0 Å². The summed E-state index contributed by atoms with van der Waals surface area (Å²) >= 11 is 1.71. The zero-order valence-corrected chi connectivity index (χ0v) is 16.8. The second-order valence-corrected chi connectivity index (χ2v) is 7.71. The first-order chi connectivity index (χ1) is 11.0. The first kappa shape index (κ1) is 20.2. The first-order valence-corrected chi connectivity index (χ1v) is 10.1. The Morgan fingerprint density at radius 1 is 0.783 bits per heavy atom. The predicted molar refractivity (Wildman–Crippen MR) is 104 cm³/mol. The molecule has 0 saturated carbocycles. The predicted octanol–water partition coefficient (Wildman–Crippen LogP) is 5.35. The highest BCUT2D eigenvalue weighted by Gasteiger charge is 2.18. The fourth-order valence-electron chi connectivity index (χ4n) is 2.64. The standard InChI is InChI=1S/C18H36N4S/c1-7-9-11-13-15(3)21(5)17-19-20-18(23-17)22(6)16(4)14-12-10-8-2/h15-16H,7-14H2,1-6H3. The summed E-state index contributed by atoms with van der Waals surface area (Å²) in [5.74, 6) is 0. The molecule has 5 heteroatoms. The molecule has 0 amide bonds. The lowest BCUT2D eigenvalue weighted by Crippen LogP contribution is -2.29. The van der Waals surface area contributed by atoms with Gasteiger partial charge in [0.15, 0.2) is 0 Å². The summed E-state index contributed by atoms with van der Waals surface area (Å²) < 4.78 is 0. The largest absolute Gasteiger partial charge is 0.347 e. The summed E-state index contributed by atoms with van der Waals surface area (Å²) in [6.07, 6.45) is 10.2. The Morgan fingerprint density at radius 3 is 1.52 bits per heavy atom. The molecule has 2 unspecified atom stereocenters. The second-order valence-electron chi connectivity index (χ2n) is 6.78. The van der Waals surface area contributed by atoms with E-state index in [-0.39, 0.29) is 0 Å². The van der Waals surface area contributed by atoms with Gasteiger partial charge in [-0.2, -0.15) is 0 Å². The third kappa shape index (κ3) is 6.66. The van der Waals surface area contributed by atoms with Gasteiger partial charge in [0, 0.05) is 26.2 Å². The van der Waals surface area contributed by atoms with Crippen molar-refractivity contribution < 1.29 is 0 Å². The van der Waals surface area contributed by atoms with Gasteiger partial charge in [0.2, 0.25) is 10.3 Å². The molecule has 2 atom stereocenters.